The molecule has 0 amide bonds. The Kier molecular flexibility index (Phi) is 3.70. The summed E-state index contributed by atoms with van der Waals surface area (Å²) in [4.78, 5) is 0. The number of rotatable bonds is 3. The highest BCUT2D eigenvalue weighted by molar-refractivity contribution is 6.35. The van der Waals surface area contributed by atoms with Gasteiger partial charge >= 0.3 is 0 Å². The quantitative estimate of drug-likeness (QED) is 0.789. The van der Waals surface area contributed by atoms with Crippen molar-refractivity contribution in [3.8, 4) is 0 Å². The van der Waals surface area contributed by atoms with Gasteiger partial charge in [0.25, 0.3) is 0 Å². The minimum Gasteiger partial charge on any atom is -0.385 e. The number of hydrogen-bond acceptors (Lipinski definition) is 1. The minimum atomic E-state index is 0.668. The summed E-state index contributed by atoms with van der Waals surface area (Å²) in [5.74, 6) is 0. The Hall–Kier alpha value is -0.400. The van der Waals surface area contributed by atoms with Crippen LogP contribution in [0.25, 0.3) is 0 Å². The molecule has 0 atom stereocenters. The maximum atomic E-state index is 5.80. The topological polar surface area (TPSA) is 12.0 Å². The van der Waals surface area contributed by atoms with Gasteiger partial charge in [-0.2, -0.15) is 0 Å². The molecule has 1 rings (SSSR count). The molecule has 3 heteroatoms. The zero-order valence-electron chi connectivity index (χ0n) is 6.90. The van der Waals surface area contributed by atoms with Crippen LogP contribution in [-0.4, -0.2) is 6.54 Å². The van der Waals surface area contributed by atoms with Crippen LogP contribution in [0.15, 0.2) is 18.2 Å². The van der Waals surface area contributed by atoms with Gasteiger partial charge in [-0.05, 0) is 24.6 Å². The summed E-state index contributed by atoms with van der Waals surface area (Å²) in [5, 5.41) is 4.54. The van der Waals surface area contributed by atoms with E-state index in [1.165, 1.54) is 0 Å². The zero-order valence-corrected chi connectivity index (χ0v) is 8.41. The van der Waals surface area contributed by atoms with Gasteiger partial charge in [-0.15, -0.1) is 0 Å². The molecule has 0 aliphatic carbocycles. The Morgan fingerprint density at radius 2 is 1.75 bits per heavy atom. The summed E-state index contributed by atoms with van der Waals surface area (Å²) in [6, 6.07) is 5.45. The molecule has 1 aromatic rings. The first-order valence-corrected chi connectivity index (χ1v) is 4.68. The number of halogens is 2. The lowest BCUT2D eigenvalue weighted by Crippen LogP contribution is -1.98. The van der Waals surface area contributed by atoms with Crippen molar-refractivity contribution in [3.63, 3.8) is 0 Å². The second-order valence-electron chi connectivity index (χ2n) is 2.58. The van der Waals surface area contributed by atoms with Crippen molar-refractivity contribution in [3.05, 3.63) is 28.2 Å². The highest BCUT2D eigenvalue weighted by Crippen LogP contribution is 2.22. The lowest BCUT2D eigenvalue weighted by molar-refractivity contribution is 0.980. The number of hydrogen-bond donors (Lipinski definition) is 1. The molecule has 0 aromatic heterocycles. The van der Waals surface area contributed by atoms with E-state index in [0.29, 0.717) is 10.0 Å². The molecule has 0 fully saturated rings. The zero-order chi connectivity index (χ0) is 8.97. The van der Waals surface area contributed by atoms with Crippen LogP contribution < -0.4 is 5.32 Å². The van der Waals surface area contributed by atoms with E-state index in [1.54, 1.807) is 6.07 Å². The first kappa shape index (κ1) is 9.69. The third kappa shape index (κ3) is 2.92. The van der Waals surface area contributed by atoms with Crippen LogP contribution in [-0.2, 0) is 0 Å². The molecule has 0 saturated heterocycles. The van der Waals surface area contributed by atoms with Crippen LogP contribution in [0.5, 0.6) is 0 Å². The SMILES string of the molecule is CCCNc1cc(Cl)cc(Cl)c1. The normalized spacial score (nSPS) is 9.92. The van der Waals surface area contributed by atoms with Crippen molar-refractivity contribution >= 4 is 28.9 Å². The minimum absolute atomic E-state index is 0.668. The van der Waals surface area contributed by atoms with Crippen molar-refractivity contribution < 1.29 is 0 Å². The van der Waals surface area contributed by atoms with Crippen LogP contribution in [0.3, 0.4) is 0 Å². The molecule has 0 bridgehead atoms. The first-order valence-electron chi connectivity index (χ1n) is 3.92. The molecule has 0 unspecified atom stereocenters. The maximum absolute atomic E-state index is 5.80. The molecule has 12 heavy (non-hydrogen) atoms. The molecule has 1 N–H and O–H groups in total. The average Bonchev–Trinajstić information content (AvgIpc) is 1.99. The Morgan fingerprint density at radius 3 is 2.25 bits per heavy atom. The maximum Gasteiger partial charge on any atom is 0.0441 e. The van der Waals surface area contributed by atoms with Crippen LogP contribution in [0.2, 0.25) is 10.0 Å². The predicted molar refractivity (Wildman–Crippen MR) is 55.2 cm³/mol. The molecule has 1 aromatic carbocycles. The Balaban J connectivity index is 2.72. The fraction of sp³-hybridized carbons (Fsp3) is 0.333. The first-order chi connectivity index (χ1) is 5.72. The van der Waals surface area contributed by atoms with Gasteiger partial charge in [-0.1, -0.05) is 30.1 Å². The standard InChI is InChI=1S/C9H11Cl2N/c1-2-3-12-9-5-7(10)4-8(11)6-9/h4-6,12H,2-3H2,1H3. The summed E-state index contributed by atoms with van der Waals surface area (Å²) in [6.07, 6.45) is 1.09. The molecule has 66 valence electrons. The van der Waals surface area contributed by atoms with Gasteiger partial charge in [-0.3, -0.25) is 0 Å². The largest absolute Gasteiger partial charge is 0.385 e. The molecule has 0 heterocycles. The van der Waals surface area contributed by atoms with Gasteiger partial charge in [0.05, 0.1) is 0 Å². The summed E-state index contributed by atoms with van der Waals surface area (Å²) in [6.45, 7) is 3.05. The van der Waals surface area contributed by atoms with E-state index < -0.39 is 0 Å². The van der Waals surface area contributed by atoms with Crippen molar-refractivity contribution in [1.82, 2.24) is 0 Å². The van der Waals surface area contributed by atoms with E-state index in [1.807, 2.05) is 12.1 Å². The fourth-order valence-electron chi connectivity index (χ4n) is 0.925. The van der Waals surface area contributed by atoms with Crippen LogP contribution in [0.4, 0.5) is 5.69 Å². The summed E-state index contributed by atoms with van der Waals surface area (Å²) in [7, 11) is 0. The van der Waals surface area contributed by atoms with E-state index >= 15 is 0 Å². The van der Waals surface area contributed by atoms with Gasteiger partial charge in [0, 0.05) is 22.3 Å². The summed E-state index contributed by atoms with van der Waals surface area (Å²) >= 11 is 11.6. The highest BCUT2D eigenvalue weighted by atomic mass is 35.5. The fourth-order valence-corrected chi connectivity index (χ4v) is 1.45. The summed E-state index contributed by atoms with van der Waals surface area (Å²) in [5.41, 5.74) is 0.981. The lowest BCUT2D eigenvalue weighted by Gasteiger charge is -2.04. The van der Waals surface area contributed by atoms with Gasteiger partial charge in [0.1, 0.15) is 0 Å². The third-order valence-electron chi connectivity index (χ3n) is 1.44. The number of nitrogens with one attached hydrogen (secondary N) is 1. The Bertz CT molecular complexity index is 240. The molecule has 0 spiro atoms. The van der Waals surface area contributed by atoms with Crippen LogP contribution in [0.1, 0.15) is 13.3 Å². The van der Waals surface area contributed by atoms with Gasteiger partial charge in [0.15, 0.2) is 0 Å². The smallest absolute Gasteiger partial charge is 0.0441 e. The second-order valence-corrected chi connectivity index (χ2v) is 3.46. The van der Waals surface area contributed by atoms with Gasteiger partial charge < -0.3 is 5.32 Å². The van der Waals surface area contributed by atoms with Crippen molar-refractivity contribution in [2.75, 3.05) is 11.9 Å². The van der Waals surface area contributed by atoms with E-state index in [2.05, 4.69) is 12.2 Å². The predicted octanol–water partition coefficient (Wildman–Crippen LogP) is 3.82. The molecule has 1 nitrogen and oxygen atoms in total. The van der Waals surface area contributed by atoms with Gasteiger partial charge in [0.2, 0.25) is 0 Å². The molecule has 0 saturated carbocycles. The van der Waals surface area contributed by atoms with E-state index in [-0.39, 0.29) is 0 Å². The Morgan fingerprint density at radius 1 is 1.17 bits per heavy atom. The molecular weight excluding hydrogens is 193 g/mol. The Labute approximate surface area is 82.7 Å². The molecule has 0 radical (unpaired) electrons. The van der Waals surface area contributed by atoms with Crippen LogP contribution >= 0.6 is 23.2 Å². The summed E-state index contributed by atoms with van der Waals surface area (Å²) < 4.78 is 0. The molecule has 0 aliphatic rings. The number of anilines is 1. The third-order valence-corrected chi connectivity index (χ3v) is 1.88. The van der Waals surface area contributed by atoms with E-state index in [9.17, 15) is 0 Å². The van der Waals surface area contributed by atoms with Crippen LogP contribution in [0, 0.1) is 0 Å². The second kappa shape index (κ2) is 4.58. The monoisotopic (exact) mass is 203 g/mol. The molecule has 0 aliphatic heterocycles. The molecular formula is C9H11Cl2N. The highest BCUT2D eigenvalue weighted by Gasteiger charge is 1.95. The average molecular weight is 204 g/mol. The van der Waals surface area contributed by atoms with Crippen molar-refractivity contribution in [2.45, 2.75) is 13.3 Å². The van der Waals surface area contributed by atoms with Gasteiger partial charge in [-0.25, -0.2) is 0 Å². The van der Waals surface area contributed by atoms with E-state index in [4.69, 9.17) is 23.2 Å². The van der Waals surface area contributed by atoms with Crippen molar-refractivity contribution in [2.24, 2.45) is 0 Å². The lowest BCUT2D eigenvalue weighted by atomic mass is 10.3. The van der Waals surface area contributed by atoms with E-state index in [0.717, 1.165) is 18.7 Å². The van der Waals surface area contributed by atoms with Crippen molar-refractivity contribution in [1.29, 1.82) is 0 Å². The number of benzene rings is 1.